The lowest BCUT2D eigenvalue weighted by molar-refractivity contribution is -0.145. The first-order valence-corrected chi connectivity index (χ1v) is 7.89. The predicted molar refractivity (Wildman–Crippen MR) is 77.2 cm³/mol. The van der Waals surface area contributed by atoms with Crippen LogP contribution in [0.1, 0.15) is 45.4 Å². The topological polar surface area (TPSA) is 75.8 Å². The van der Waals surface area contributed by atoms with Gasteiger partial charge in [-0.3, -0.25) is 9.69 Å². The normalized spacial score (nSPS) is 31.1. The van der Waals surface area contributed by atoms with Gasteiger partial charge in [-0.15, -0.1) is 0 Å². The molecule has 2 fully saturated rings. The Balaban J connectivity index is 1.92. The number of aliphatic hydroxyl groups is 1. The lowest BCUT2D eigenvalue weighted by atomic mass is 9.84. The molecule has 0 bridgehead atoms. The van der Waals surface area contributed by atoms with Crippen molar-refractivity contribution in [2.75, 3.05) is 19.7 Å². The molecule has 2 rings (SSSR count). The number of hydrogen-bond acceptors (Lipinski definition) is 4. The number of morpholine rings is 1. The van der Waals surface area contributed by atoms with E-state index in [1.807, 2.05) is 6.92 Å². The van der Waals surface area contributed by atoms with E-state index >= 15 is 0 Å². The maximum Gasteiger partial charge on any atom is 0.247 e. The molecule has 2 aliphatic rings. The van der Waals surface area contributed by atoms with Crippen molar-refractivity contribution in [1.82, 2.24) is 4.90 Å². The van der Waals surface area contributed by atoms with Crippen LogP contribution in [0.15, 0.2) is 0 Å². The molecule has 20 heavy (non-hydrogen) atoms. The smallest absolute Gasteiger partial charge is 0.247 e. The van der Waals surface area contributed by atoms with Crippen LogP contribution in [0.25, 0.3) is 0 Å². The highest BCUT2D eigenvalue weighted by Crippen LogP contribution is 2.29. The van der Waals surface area contributed by atoms with Crippen LogP contribution in [0, 0.1) is 5.92 Å². The third kappa shape index (κ3) is 4.17. The quantitative estimate of drug-likeness (QED) is 0.786. The summed E-state index contributed by atoms with van der Waals surface area (Å²) in [6.07, 6.45) is 6.98. The van der Waals surface area contributed by atoms with Crippen LogP contribution in [0.4, 0.5) is 0 Å². The number of carbonyl (C=O) groups excluding carboxylic acids is 1. The molecule has 0 spiro atoms. The molecule has 0 aromatic carbocycles. The summed E-state index contributed by atoms with van der Waals surface area (Å²) in [6.45, 7) is 3.38. The number of hydrogen-bond donors (Lipinski definition) is 2. The first kappa shape index (κ1) is 15.7. The van der Waals surface area contributed by atoms with E-state index in [4.69, 9.17) is 10.5 Å². The van der Waals surface area contributed by atoms with Gasteiger partial charge in [-0.2, -0.15) is 0 Å². The van der Waals surface area contributed by atoms with Gasteiger partial charge in [-0.05, 0) is 19.3 Å². The summed E-state index contributed by atoms with van der Waals surface area (Å²) < 4.78 is 5.56. The largest absolute Gasteiger partial charge is 0.395 e. The van der Waals surface area contributed by atoms with Crippen molar-refractivity contribution in [3.63, 3.8) is 0 Å². The van der Waals surface area contributed by atoms with E-state index in [-0.39, 0.29) is 18.8 Å². The Morgan fingerprint density at radius 3 is 2.65 bits per heavy atom. The summed E-state index contributed by atoms with van der Waals surface area (Å²) in [5, 5.41) is 9.72. The van der Waals surface area contributed by atoms with E-state index in [0.29, 0.717) is 12.5 Å². The zero-order chi connectivity index (χ0) is 14.5. The summed E-state index contributed by atoms with van der Waals surface area (Å²) in [6, 6.07) is 0.131. The molecule has 1 aliphatic heterocycles. The molecule has 3 atom stereocenters. The molecule has 5 heteroatoms. The summed E-state index contributed by atoms with van der Waals surface area (Å²) in [5.74, 6) is 0.307. The number of ether oxygens (including phenoxy) is 1. The number of nitrogens with zero attached hydrogens (tertiary/aromatic N) is 1. The minimum atomic E-state index is -0.542. The number of nitrogens with two attached hydrogens (primary N) is 1. The van der Waals surface area contributed by atoms with Gasteiger partial charge >= 0.3 is 0 Å². The van der Waals surface area contributed by atoms with Crippen molar-refractivity contribution in [1.29, 1.82) is 0 Å². The zero-order valence-electron chi connectivity index (χ0n) is 12.5. The van der Waals surface area contributed by atoms with Gasteiger partial charge in [0.25, 0.3) is 0 Å². The van der Waals surface area contributed by atoms with E-state index in [2.05, 4.69) is 4.90 Å². The molecule has 5 nitrogen and oxygen atoms in total. The summed E-state index contributed by atoms with van der Waals surface area (Å²) >= 11 is 0. The number of aliphatic hydroxyl groups excluding tert-OH is 1. The highest BCUT2D eigenvalue weighted by Gasteiger charge is 2.33. The fraction of sp³-hybridized carbons (Fsp3) is 0.933. The minimum absolute atomic E-state index is 0.0124. The van der Waals surface area contributed by atoms with Crippen molar-refractivity contribution in [2.24, 2.45) is 11.7 Å². The average Bonchev–Trinajstić information content (AvgIpc) is 2.45. The molecule has 2 unspecified atom stereocenters. The van der Waals surface area contributed by atoms with E-state index in [9.17, 15) is 9.90 Å². The van der Waals surface area contributed by atoms with Crippen LogP contribution in [0.5, 0.6) is 0 Å². The molecule has 3 N–H and O–H groups in total. The number of rotatable bonds is 5. The molecule has 1 aliphatic carbocycles. The molecule has 0 aromatic rings. The van der Waals surface area contributed by atoms with Gasteiger partial charge in [0.2, 0.25) is 5.91 Å². The fourth-order valence-electron chi connectivity index (χ4n) is 3.59. The Labute approximate surface area is 121 Å². The van der Waals surface area contributed by atoms with Gasteiger partial charge in [0, 0.05) is 19.1 Å². The molecule has 1 saturated carbocycles. The standard InChI is InChI=1S/C15H28N2O3/c1-11-8-17(9-14(20-11)15(16)19)13(10-18)7-12-5-3-2-4-6-12/h11-14,18H,2-10H2,1H3,(H2,16,19)/t11?,13-,14?/m0/s1. The van der Waals surface area contributed by atoms with Gasteiger partial charge in [-0.1, -0.05) is 32.1 Å². The molecule has 116 valence electrons. The lowest BCUT2D eigenvalue weighted by Crippen LogP contribution is -2.55. The fourth-order valence-corrected chi connectivity index (χ4v) is 3.59. The summed E-state index contributed by atoms with van der Waals surface area (Å²) in [7, 11) is 0. The second-order valence-corrected chi connectivity index (χ2v) is 6.37. The maximum atomic E-state index is 11.4. The Hall–Kier alpha value is -0.650. The predicted octanol–water partition coefficient (Wildman–Crippen LogP) is 0.892. The molecular weight excluding hydrogens is 256 g/mol. The maximum absolute atomic E-state index is 11.4. The number of carbonyl (C=O) groups is 1. The monoisotopic (exact) mass is 284 g/mol. The van der Waals surface area contributed by atoms with Gasteiger partial charge in [-0.25, -0.2) is 0 Å². The van der Waals surface area contributed by atoms with Gasteiger partial charge in [0.05, 0.1) is 12.7 Å². The Kier molecular flexibility index (Phi) is 5.81. The van der Waals surface area contributed by atoms with Crippen molar-refractivity contribution in [3.05, 3.63) is 0 Å². The second-order valence-electron chi connectivity index (χ2n) is 6.37. The van der Waals surface area contributed by atoms with Crippen molar-refractivity contribution in [2.45, 2.75) is 63.7 Å². The van der Waals surface area contributed by atoms with Crippen LogP contribution in [0.3, 0.4) is 0 Å². The first-order chi connectivity index (χ1) is 9.60. The molecule has 1 amide bonds. The highest BCUT2D eigenvalue weighted by molar-refractivity contribution is 5.79. The van der Waals surface area contributed by atoms with Crippen molar-refractivity contribution >= 4 is 5.91 Å². The Morgan fingerprint density at radius 2 is 2.05 bits per heavy atom. The average molecular weight is 284 g/mol. The van der Waals surface area contributed by atoms with E-state index in [0.717, 1.165) is 13.0 Å². The lowest BCUT2D eigenvalue weighted by Gasteiger charge is -2.41. The van der Waals surface area contributed by atoms with Crippen LogP contribution < -0.4 is 5.73 Å². The third-order valence-corrected chi connectivity index (χ3v) is 4.66. The van der Waals surface area contributed by atoms with Crippen LogP contribution in [-0.2, 0) is 9.53 Å². The van der Waals surface area contributed by atoms with Gasteiger partial charge in [0.15, 0.2) is 0 Å². The van der Waals surface area contributed by atoms with Crippen molar-refractivity contribution in [3.8, 4) is 0 Å². The van der Waals surface area contributed by atoms with Gasteiger partial charge < -0.3 is 15.6 Å². The molecule has 1 heterocycles. The third-order valence-electron chi connectivity index (χ3n) is 4.66. The molecular formula is C15H28N2O3. The van der Waals surface area contributed by atoms with Crippen LogP contribution in [-0.4, -0.2) is 53.9 Å². The Morgan fingerprint density at radius 1 is 1.35 bits per heavy atom. The number of amides is 1. The molecule has 0 radical (unpaired) electrons. The SMILES string of the molecule is CC1CN([C@H](CO)CC2CCCCC2)CC(C(N)=O)O1. The van der Waals surface area contributed by atoms with Crippen molar-refractivity contribution < 1.29 is 14.6 Å². The second kappa shape index (κ2) is 7.38. The number of primary amides is 1. The summed E-state index contributed by atoms with van der Waals surface area (Å²) in [5.41, 5.74) is 5.36. The highest BCUT2D eigenvalue weighted by atomic mass is 16.5. The van der Waals surface area contributed by atoms with Crippen LogP contribution in [0.2, 0.25) is 0 Å². The minimum Gasteiger partial charge on any atom is -0.395 e. The first-order valence-electron chi connectivity index (χ1n) is 7.89. The van der Waals surface area contributed by atoms with E-state index in [1.165, 1.54) is 32.1 Å². The Bertz CT molecular complexity index is 318. The zero-order valence-corrected chi connectivity index (χ0v) is 12.5. The van der Waals surface area contributed by atoms with Crippen LogP contribution >= 0.6 is 0 Å². The summed E-state index contributed by atoms with van der Waals surface area (Å²) in [4.78, 5) is 13.5. The van der Waals surface area contributed by atoms with Gasteiger partial charge in [0.1, 0.15) is 6.10 Å². The molecule has 0 aromatic heterocycles. The van der Waals surface area contributed by atoms with E-state index < -0.39 is 12.0 Å². The molecule has 1 saturated heterocycles. The van der Waals surface area contributed by atoms with E-state index in [1.54, 1.807) is 0 Å².